The zero-order chi connectivity index (χ0) is 20.9. The Bertz CT molecular complexity index is 856. The first-order valence-corrected chi connectivity index (χ1v) is 8.62. The molecule has 2 aromatic carbocycles. The SMILES string of the molecule is Cc1cc(C)c(NC(=O)CNC(=O)CNc2cccc(C(F)(F)F)c2)c(C)c1. The average Bonchev–Trinajstić information content (AvgIpc) is 2.60. The van der Waals surface area contributed by atoms with Gasteiger partial charge in [-0.25, -0.2) is 0 Å². The summed E-state index contributed by atoms with van der Waals surface area (Å²) >= 11 is 0. The third kappa shape index (κ3) is 6.00. The van der Waals surface area contributed by atoms with Crippen molar-refractivity contribution in [1.29, 1.82) is 0 Å². The summed E-state index contributed by atoms with van der Waals surface area (Å²) in [6.45, 7) is 5.23. The van der Waals surface area contributed by atoms with Crippen LogP contribution < -0.4 is 16.0 Å². The molecule has 0 aliphatic carbocycles. The first kappa shape index (κ1) is 21.3. The van der Waals surface area contributed by atoms with Crippen LogP contribution in [0.3, 0.4) is 0 Å². The highest BCUT2D eigenvalue weighted by Gasteiger charge is 2.30. The van der Waals surface area contributed by atoms with E-state index >= 15 is 0 Å². The molecule has 2 amide bonds. The zero-order valence-electron chi connectivity index (χ0n) is 15.8. The summed E-state index contributed by atoms with van der Waals surface area (Å²) in [5, 5.41) is 7.80. The Morgan fingerprint density at radius 2 is 1.57 bits per heavy atom. The van der Waals surface area contributed by atoms with Gasteiger partial charge in [-0.2, -0.15) is 13.2 Å². The standard InChI is InChI=1S/C20H22F3N3O2/c1-12-7-13(2)19(14(3)8-12)26-18(28)11-25-17(27)10-24-16-6-4-5-15(9-16)20(21,22)23/h4-9,24H,10-11H2,1-3H3,(H,25,27)(H,26,28). The first-order valence-electron chi connectivity index (χ1n) is 8.62. The second-order valence-electron chi connectivity index (χ2n) is 6.53. The van der Waals surface area contributed by atoms with Crippen molar-refractivity contribution < 1.29 is 22.8 Å². The normalized spacial score (nSPS) is 11.1. The Morgan fingerprint density at radius 3 is 2.18 bits per heavy atom. The lowest BCUT2D eigenvalue weighted by molar-refractivity contribution is -0.137. The van der Waals surface area contributed by atoms with Gasteiger partial charge < -0.3 is 16.0 Å². The van der Waals surface area contributed by atoms with Crippen molar-refractivity contribution in [2.24, 2.45) is 0 Å². The molecule has 0 saturated carbocycles. The van der Waals surface area contributed by atoms with Crippen LogP contribution in [0.5, 0.6) is 0 Å². The number of amides is 2. The summed E-state index contributed by atoms with van der Waals surface area (Å²) in [4.78, 5) is 23.9. The number of carbonyl (C=O) groups excluding carboxylic acids is 2. The van der Waals surface area contributed by atoms with Crippen LogP contribution in [0.25, 0.3) is 0 Å². The minimum atomic E-state index is -4.45. The molecule has 0 bridgehead atoms. The number of alkyl halides is 3. The number of halogens is 3. The molecule has 0 spiro atoms. The highest BCUT2D eigenvalue weighted by Crippen LogP contribution is 2.30. The topological polar surface area (TPSA) is 70.2 Å². The molecule has 28 heavy (non-hydrogen) atoms. The second-order valence-corrected chi connectivity index (χ2v) is 6.53. The molecule has 8 heteroatoms. The Labute approximate surface area is 161 Å². The number of anilines is 2. The zero-order valence-corrected chi connectivity index (χ0v) is 15.8. The van der Waals surface area contributed by atoms with Crippen LogP contribution in [0.15, 0.2) is 36.4 Å². The largest absolute Gasteiger partial charge is 0.416 e. The van der Waals surface area contributed by atoms with Crippen molar-refractivity contribution in [3.63, 3.8) is 0 Å². The molecule has 5 nitrogen and oxygen atoms in total. The molecule has 0 aromatic heterocycles. The van der Waals surface area contributed by atoms with Gasteiger partial charge in [0.2, 0.25) is 11.8 Å². The Morgan fingerprint density at radius 1 is 0.929 bits per heavy atom. The molecule has 0 radical (unpaired) electrons. The van der Waals surface area contributed by atoms with E-state index in [4.69, 9.17) is 0 Å². The van der Waals surface area contributed by atoms with Crippen molar-refractivity contribution in [1.82, 2.24) is 5.32 Å². The van der Waals surface area contributed by atoms with E-state index in [9.17, 15) is 22.8 Å². The van der Waals surface area contributed by atoms with E-state index in [1.807, 2.05) is 32.9 Å². The number of rotatable bonds is 6. The van der Waals surface area contributed by atoms with Gasteiger partial charge in [-0.05, 0) is 50.1 Å². The maximum atomic E-state index is 12.7. The molecule has 0 aliphatic heterocycles. The molecular formula is C20H22F3N3O2. The van der Waals surface area contributed by atoms with Gasteiger partial charge in [0, 0.05) is 11.4 Å². The van der Waals surface area contributed by atoms with Crippen LogP contribution in [0.2, 0.25) is 0 Å². The van der Waals surface area contributed by atoms with E-state index in [0.717, 1.165) is 28.8 Å². The Kier molecular flexibility index (Phi) is 6.66. The predicted octanol–water partition coefficient (Wildman–Crippen LogP) is 3.80. The van der Waals surface area contributed by atoms with Gasteiger partial charge in [-0.15, -0.1) is 0 Å². The van der Waals surface area contributed by atoms with Crippen molar-refractivity contribution in [3.8, 4) is 0 Å². The summed E-state index contributed by atoms with van der Waals surface area (Å²) in [5.74, 6) is -0.896. The Hall–Kier alpha value is -3.03. The maximum Gasteiger partial charge on any atom is 0.416 e. The third-order valence-electron chi connectivity index (χ3n) is 4.03. The van der Waals surface area contributed by atoms with E-state index < -0.39 is 17.6 Å². The van der Waals surface area contributed by atoms with Crippen molar-refractivity contribution in [2.45, 2.75) is 26.9 Å². The molecule has 0 fully saturated rings. The van der Waals surface area contributed by atoms with E-state index in [0.29, 0.717) is 5.69 Å². The van der Waals surface area contributed by atoms with Crippen LogP contribution in [-0.4, -0.2) is 24.9 Å². The summed E-state index contributed by atoms with van der Waals surface area (Å²) < 4.78 is 38.0. The van der Waals surface area contributed by atoms with Gasteiger partial charge >= 0.3 is 6.18 Å². The number of aryl methyl sites for hydroxylation is 3. The van der Waals surface area contributed by atoms with Crippen LogP contribution >= 0.6 is 0 Å². The highest BCUT2D eigenvalue weighted by molar-refractivity contribution is 5.96. The lowest BCUT2D eigenvalue weighted by Crippen LogP contribution is -2.36. The molecule has 0 unspecified atom stereocenters. The van der Waals surface area contributed by atoms with E-state index in [2.05, 4.69) is 16.0 Å². The van der Waals surface area contributed by atoms with E-state index in [1.165, 1.54) is 12.1 Å². The predicted molar refractivity (Wildman–Crippen MR) is 102 cm³/mol. The number of hydrogen-bond donors (Lipinski definition) is 3. The molecule has 0 aliphatic rings. The monoisotopic (exact) mass is 393 g/mol. The minimum absolute atomic E-state index is 0.167. The number of hydrogen-bond acceptors (Lipinski definition) is 3. The molecule has 0 heterocycles. The van der Waals surface area contributed by atoms with Crippen LogP contribution in [-0.2, 0) is 15.8 Å². The lowest BCUT2D eigenvalue weighted by atomic mass is 10.1. The molecule has 0 atom stereocenters. The van der Waals surface area contributed by atoms with Gasteiger partial charge in [0.15, 0.2) is 0 Å². The first-order chi connectivity index (χ1) is 13.1. The molecule has 0 saturated heterocycles. The van der Waals surface area contributed by atoms with Gasteiger partial charge in [0.1, 0.15) is 0 Å². The fourth-order valence-corrected chi connectivity index (χ4v) is 2.79. The van der Waals surface area contributed by atoms with Gasteiger partial charge in [-0.1, -0.05) is 23.8 Å². The minimum Gasteiger partial charge on any atom is -0.376 e. The Balaban J connectivity index is 1.84. The van der Waals surface area contributed by atoms with Crippen LogP contribution in [0.1, 0.15) is 22.3 Å². The summed E-state index contributed by atoms with van der Waals surface area (Å²) in [6.07, 6.45) is -4.45. The van der Waals surface area contributed by atoms with E-state index in [-0.39, 0.29) is 24.7 Å². The van der Waals surface area contributed by atoms with Gasteiger partial charge in [0.25, 0.3) is 0 Å². The third-order valence-corrected chi connectivity index (χ3v) is 4.03. The average molecular weight is 393 g/mol. The van der Waals surface area contributed by atoms with Gasteiger partial charge in [-0.3, -0.25) is 9.59 Å². The fourth-order valence-electron chi connectivity index (χ4n) is 2.79. The smallest absolute Gasteiger partial charge is 0.376 e. The number of carbonyl (C=O) groups is 2. The summed E-state index contributed by atoms with van der Waals surface area (Å²) in [7, 11) is 0. The fraction of sp³-hybridized carbons (Fsp3) is 0.300. The second kappa shape index (κ2) is 8.77. The molecule has 3 N–H and O–H groups in total. The molecule has 2 aromatic rings. The highest BCUT2D eigenvalue weighted by atomic mass is 19.4. The number of benzene rings is 2. The summed E-state index contributed by atoms with van der Waals surface area (Å²) in [6, 6.07) is 8.44. The van der Waals surface area contributed by atoms with Crippen molar-refractivity contribution in [2.75, 3.05) is 23.7 Å². The summed E-state index contributed by atoms with van der Waals surface area (Å²) in [5.41, 5.74) is 2.99. The van der Waals surface area contributed by atoms with Crippen molar-refractivity contribution in [3.05, 3.63) is 58.7 Å². The molecular weight excluding hydrogens is 371 g/mol. The quantitative estimate of drug-likeness (QED) is 0.699. The molecule has 150 valence electrons. The maximum absolute atomic E-state index is 12.7. The number of nitrogens with one attached hydrogen (secondary N) is 3. The van der Waals surface area contributed by atoms with Crippen LogP contribution in [0, 0.1) is 20.8 Å². The van der Waals surface area contributed by atoms with Crippen molar-refractivity contribution >= 4 is 23.2 Å². The van der Waals surface area contributed by atoms with E-state index in [1.54, 1.807) is 0 Å². The molecule has 2 rings (SSSR count). The van der Waals surface area contributed by atoms with Gasteiger partial charge in [0.05, 0.1) is 18.7 Å². The lowest BCUT2D eigenvalue weighted by Gasteiger charge is -2.13. The van der Waals surface area contributed by atoms with Crippen LogP contribution in [0.4, 0.5) is 24.5 Å².